The van der Waals surface area contributed by atoms with Gasteiger partial charge in [-0.2, -0.15) is 0 Å². The Morgan fingerprint density at radius 3 is 1.83 bits per heavy atom. The predicted octanol–water partition coefficient (Wildman–Crippen LogP) is 5.48. The van der Waals surface area contributed by atoms with Gasteiger partial charge < -0.3 is 23.7 Å². The molecule has 1 fully saturated rings. The third-order valence-electron chi connectivity index (χ3n) is 7.66. The highest BCUT2D eigenvalue weighted by Crippen LogP contribution is 2.37. The van der Waals surface area contributed by atoms with Gasteiger partial charge in [-0.05, 0) is 60.4 Å². The molecule has 0 bridgehead atoms. The van der Waals surface area contributed by atoms with Crippen LogP contribution in [0.3, 0.4) is 0 Å². The summed E-state index contributed by atoms with van der Waals surface area (Å²) in [5, 5.41) is 2.23. The van der Waals surface area contributed by atoms with Gasteiger partial charge in [0.05, 0.1) is 25.3 Å². The quantitative estimate of drug-likeness (QED) is 0.269. The molecular formula is C34H44N2O5Si. The molecule has 8 heteroatoms. The molecule has 3 aromatic carbocycles. The molecule has 0 spiro atoms. The molecule has 0 N–H and O–H groups in total. The first-order chi connectivity index (χ1) is 19.9. The van der Waals surface area contributed by atoms with Gasteiger partial charge in [-0.1, -0.05) is 81.4 Å². The monoisotopic (exact) mass is 588 g/mol. The third kappa shape index (κ3) is 6.87. The van der Waals surface area contributed by atoms with Crippen molar-refractivity contribution in [2.75, 3.05) is 38.3 Å². The van der Waals surface area contributed by atoms with Crippen LogP contribution < -0.4 is 15.3 Å². The second kappa shape index (κ2) is 12.7. The van der Waals surface area contributed by atoms with Crippen molar-refractivity contribution in [3.05, 3.63) is 90.5 Å². The van der Waals surface area contributed by atoms with Crippen molar-refractivity contribution in [2.24, 2.45) is 0 Å². The Morgan fingerprint density at radius 1 is 0.810 bits per heavy atom. The highest BCUT2D eigenvalue weighted by atomic mass is 28.4. The largest absolute Gasteiger partial charge is 0.465 e. The lowest BCUT2D eigenvalue weighted by Gasteiger charge is -2.47. The Hall–Kier alpha value is -3.62. The average Bonchev–Trinajstić information content (AvgIpc) is 2.96. The van der Waals surface area contributed by atoms with E-state index in [4.69, 9.17) is 13.9 Å². The predicted molar refractivity (Wildman–Crippen MR) is 170 cm³/mol. The number of hydrogen-bond donors (Lipinski definition) is 0. The van der Waals surface area contributed by atoms with E-state index in [0.717, 1.165) is 5.69 Å². The minimum Gasteiger partial charge on any atom is -0.465 e. The third-order valence-corrected chi connectivity index (χ3v) is 12.7. The van der Waals surface area contributed by atoms with Gasteiger partial charge in [0.15, 0.2) is 0 Å². The number of esters is 1. The zero-order chi connectivity index (χ0) is 30.5. The molecule has 1 heterocycles. The number of anilines is 1. The van der Waals surface area contributed by atoms with E-state index >= 15 is 0 Å². The fraction of sp³-hybridized carbons (Fsp3) is 0.412. The molecule has 1 aliphatic heterocycles. The molecule has 0 radical (unpaired) electrons. The van der Waals surface area contributed by atoms with Crippen LogP contribution in [-0.2, 0) is 13.9 Å². The summed E-state index contributed by atoms with van der Waals surface area (Å²) in [6, 6.07) is 28.4. The standard InChI is InChI=1S/C34H44N2O5Si/c1-33(2,3)41-32(38)35-22-23-36(27-20-18-26(19-21-27)31(37)39-7)28(24-35)25-40-42(34(4,5)6,29-14-10-8-11-15-29)30-16-12-9-13-17-30/h8-21,28H,22-25H2,1-7H3/t28-/m1/s1. The summed E-state index contributed by atoms with van der Waals surface area (Å²) >= 11 is 0. The van der Waals surface area contributed by atoms with Crippen molar-refractivity contribution >= 4 is 36.4 Å². The first kappa shape index (κ1) is 31.3. The number of amides is 1. The maximum atomic E-state index is 13.2. The van der Waals surface area contributed by atoms with Gasteiger partial charge >= 0.3 is 12.1 Å². The molecular weight excluding hydrogens is 544 g/mol. The first-order valence-corrected chi connectivity index (χ1v) is 16.4. The van der Waals surface area contributed by atoms with Crippen LogP contribution in [0.5, 0.6) is 0 Å². The normalized spacial score (nSPS) is 16.2. The molecule has 0 unspecified atom stereocenters. The van der Waals surface area contributed by atoms with Crippen molar-refractivity contribution in [1.82, 2.24) is 4.90 Å². The second-order valence-corrected chi connectivity index (χ2v) is 17.1. The minimum atomic E-state index is -2.80. The number of nitrogens with zero attached hydrogens (tertiary/aromatic N) is 2. The first-order valence-electron chi connectivity index (χ1n) is 14.5. The van der Waals surface area contributed by atoms with Crippen LogP contribution in [0.2, 0.25) is 5.04 Å². The number of carbonyl (C=O) groups excluding carboxylic acids is 2. The Kier molecular flexibility index (Phi) is 9.48. The lowest BCUT2D eigenvalue weighted by atomic mass is 10.1. The fourth-order valence-corrected chi connectivity index (χ4v) is 10.3. The average molecular weight is 589 g/mol. The lowest BCUT2D eigenvalue weighted by molar-refractivity contribution is 0.0199. The number of benzene rings is 3. The van der Waals surface area contributed by atoms with E-state index < -0.39 is 13.9 Å². The highest BCUT2D eigenvalue weighted by molar-refractivity contribution is 6.99. The van der Waals surface area contributed by atoms with Gasteiger partial charge in [-0.15, -0.1) is 0 Å². The summed E-state index contributed by atoms with van der Waals surface area (Å²) < 4.78 is 17.9. The Labute approximate surface area is 251 Å². The summed E-state index contributed by atoms with van der Waals surface area (Å²) in [6.45, 7) is 14.4. The molecule has 224 valence electrons. The number of hydrogen-bond acceptors (Lipinski definition) is 6. The topological polar surface area (TPSA) is 68.3 Å². The summed E-state index contributed by atoms with van der Waals surface area (Å²) in [7, 11) is -1.42. The van der Waals surface area contributed by atoms with Gasteiger partial charge in [-0.25, -0.2) is 9.59 Å². The molecule has 0 aromatic heterocycles. The van der Waals surface area contributed by atoms with Crippen LogP contribution in [-0.4, -0.2) is 70.3 Å². The van der Waals surface area contributed by atoms with Crippen LogP contribution in [0.25, 0.3) is 0 Å². The van der Waals surface area contributed by atoms with E-state index in [-0.39, 0.29) is 23.1 Å². The van der Waals surface area contributed by atoms with Crippen LogP contribution in [0.1, 0.15) is 51.9 Å². The van der Waals surface area contributed by atoms with Crippen molar-refractivity contribution in [3.63, 3.8) is 0 Å². The maximum Gasteiger partial charge on any atom is 0.410 e. The van der Waals surface area contributed by atoms with E-state index in [0.29, 0.717) is 31.8 Å². The summed E-state index contributed by atoms with van der Waals surface area (Å²) in [5.41, 5.74) is 0.870. The molecule has 42 heavy (non-hydrogen) atoms. The van der Waals surface area contributed by atoms with E-state index in [1.165, 1.54) is 17.5 Å². The van der Waals surface area contributed by atoms with Gasteiger partial charge in [0.1, 0.15) is 5.60 Å². The van der Waals surface area contributed by atoms with Gasteiger partial charge in [0.2, 0.25) is 0 Å². The van der Waals surface area contributed by atoms with Crippen molar-refractivity contribution in [3.8, 4) is 0 Å². The number of piperazine rings is 1. The van der Waals surface area contributed by atoms with E-state index in [1.807, 2.05) is 45.0 Å². The molecule has 0 aliphatic carbocycles. The van der Waals surface area contributed by atoms with Crippen LogP contribution in [0.4, 0.5) is 10.5 Å². The summed E-state index contributed by atoms with van der Waals surface area (Å²) in [6.07, 6.45) is -0.321. The highest BCUT2D eigenvalue weighted by Gasteiger charge is 2.51. The van der Waals surface area contributed by atoms with Crippen molar-refractivity contribution in [2.45, 2.75) is 58.2 Å². The zero-order valence-electron chi connectivity index (χ0n) is 25.9. The number of rotatable bonds is 7. The molecule has 1 atom stereocenters. The van der Waals surface area contributed by atoms with E-state index in [2.05, 4.69) is 74.2 Å². The van der Waals surface area contributed by atoms with Crippen LogP contribution in [0.15, 0.2) is 84.9 Å². The molecule has 1 aliphatic rings. The molecule has 1 amide bonds. The Morgan fingerprint density at radius 2 is 1.36 bits per heavy atom. The van der Waals surface area contributed by atoms with E-state index in [9.17, 15) is 9.59 Å². The van der Waals surface area contributed by atoms with Gasteiger partial charge in [0.25, 0.3) is 8.32 Å². The number of carbonyl (C=O) groups is 2. The minimum absolute atomic E-state index is 0.142. The summed E-state index contributed by atoms with van der Waals surface area (Å²) in [5.74, 6) is -0.372. The van der Waals surface area contributed by atoms with Gasteiger partial charge in [-0.3, -0.25) is 0 Å². The van der Waals surface area contributed by atoms with Crippen molar-refractivity contribution in [1.29, 1.82) is 0 Å². The molecule has 0 saturated carbocycles. The second-order valence-electron chi connectivity index (χ2n) is 12.8. The molecule has 3 aromatic rings. The van der Waals surface area contributed by atoms with Crippen molar-refractivity contribution < 1.29 is 23.5 Å². The van der Waals surface area contributed by atoms with E-state index in [1.54, 1.807) is 17.0 Å². The molecule has 7 nitrogen and oxygen atoms in total. The molecule has 4 rings (SSSR count). The number of ether oxygens (including phenoxy) is 2. The molecule has 1 saturated heterocycles. The lowest BCUT2D eigenvalue weighted by Crippen LogP contribution is -2.68. The summed E-state index contributed by atoms with van der Waals surface area (Å²) in [4.78, 5) is 29.3. The number of methoxy groups -OCH3 is 1. The Balaban J connectivity index is 1.72. The Bertz CT molecular complexity index is 1290. The van der Waals surface area contributed by atoms with Crippen LogP contribution >= 0.6 is 0 Å². The zero-order valence-corrected chi connectivity index (χ0v) is 26.9. The maximum absolute atomic E-state index is 13.2. The van der Waals surface area contributed by atoms with Gasteiger partial charge in [0, 0.05) is 25.3 Å². The van der Waals surface area contributed by atoms with Crippen LogP contribution in [0, 0.1) is 0 Å². The smallest absolute Gasteiger partial charge is 0.410 e. The fourth-order valence-electron chi connectivity index (χ4n) is 5.72. The SMILES string of the molecule is COC(=O)c1ccc(N2CCN(C(=O)OC(C)(C)C)C[C@@H]2CO[Si](c2ccccc2)(c2ccccc2)C(C)(C)C)cc1.